The third-order valence-corrected chi connectivity index (χ3v) is 3.64. The second-order valence-electron chi connectivity index (χ2n) is 4.02. The van der Waals surface area contributed by atoms with Gasteiger partial charge < -0.3 is 5.11 Å². The number of hydrogen-bond donors (Lipinski definition) is 1. The summed E-state index contributed by atoms with van der Waals surface area (Å²) in [5, 5.41) is 17.7. The Balaban J connectivity index is 2.21. The first kappa shape index (κ1) is 13.2. The highest BCUT2D eigenvalue weighted by atomic mass is 32.2. The highest BCUT2D eigenvalue weighted by molar-refractivity contribution is 7.99. The summed E-state index contributed by atoms with van der Waals surface area (Å²) in [5.74, 6) is -0.910. The molecule has 94 valence electrons. The second-order valence-corrected chi connectivity index (χ2v) is 5.17. The Kier molecular flexibility index (Phi) is 3.88. The van der Waals surface area contributed by atoms with E-state index >= 15 is 0 Å². The van der Waals surface area contributed by atoms with Crippen molar-refractivity contribution in [1.29, 1.82) is 5.26 Å². The number of carbonyl (C=O) groups is 1. The fourth-order valence-electron chi connectivity index (χ4n) is 1.67. The lowest BCUT2D eigenvalue weighted by Crippen LogP contribution is -1.98. The molecule has 0 aliphatic heterocycles. The van der Waals surface area contributed by atoms with Crippen LogP contribution in [0.4, 0.5) is 0 Å². The molecule has 2 aromatic rings. The predicted octanol–water partition coefficient (Wildman–Crippen LogP) is 3.72. The molecule has 2 aromatic carbocycles. The van der Waals surface area contributed by atoms with Gasteiger partial charge in [-0.3, -0.25) is 0 Å². The van der Waals surface area contributed by atoms with Gasteiger partial charge >= 0.3 is 5.97 Å². The topological polar surface area (TPSA) is 61.1 Å². The van der Waals surface area contributed by atoms with E-state index < -0.39 is 5.97 Å². The van der Waals surface area contributed by atoms with Crippen molar-refractivity contribution in [3.05, 3.63) is 59.2 Å². The van der Waals surface area contributed by atoms with Crippen LogP contribution in [0, 0.1) is 18.3 Å². The van der Waals surface area contributed by atoms with E-state index in [4.69, 9.17) is 10.4 Å². The number of carboxylic acid groups (broad SMARTS) is 1. The first-order chi connectivity index (χ1) is 9.10. The molecule has 0 heterocycles. The van der Waals surface area contributed by atoms with Gasteiger partial charge in [-0.25, -0.2) is 4.79 Å². The van der Waals surface area contributed by atoms with E-state index in [1.54, 1.807) is 31.2 Å². The number of rotatable bonds is 3. The van der Waals surface area contributed by atoms with Crippen LogP contribution >= 0.6 is 11.8 Å². The summed E-state index contributed by atoms with van der Waals surface area (Å²) in [6, 6.07) is 14.6. The maximum atomic E-state index is 10.9. The zero-order valence-corrected chi connectivity index (χ0v) is 11.1. The van der Waals surface area contributed by atoms with Gasteiger partial charge in [-0.15, -0.1) is 0 Å². The maximum absolute atomic E-state index is 10.9. The van der Waals surface area contributed by atoms with Crippen molar-refractivity contribution in [2.45, 2.75) is 16.7 Å². The average Bonchev–Trinajstić information content (AvgIpc) is 2.39. The Bertz CT molecular complexity index is 657. The van der Waals surface area contributed by atoms with Gasteiger partial charge in [0.1, 0.15) is 0 Å². The van der Waals surface area contributed by atoms with Crippen molar-refractivity contribution in [2.24, 2.45) is 0 Å². The smallest absolute Gasteiger partial charge is 0.335 e. The molecule has 0 saturated carbocycles. The van der Waals surface area contributed by atoms with E-state index in [9.17, 15) is 4.79 Å². The molecule has 0 aromatic heterocycles. The third kappa shape index (κ3) is 3.15. The molecule has 0 aliphatic carbocycles. The molecule has 0 amide bonds. The highest BCUT2D eigenvalue weighted by Gasteiger charge is 2.07. The molecule has 0 atom stereocenters. The van der Waals surface area contributed by atoms with E-state index in [0.29, 0.717) is 11.1 Å². The van der Waals surface area contributed by atoms with E-state index in [2.05, 4.69) is 6.07 Å². The molecular formula is C15H11NO2S. The van der Waals surface area contributed by atoms with Crippen LogP contribution in [0.15, 0.2) is 52.3 Å². The first-order valence-electron chi connectivity index (χ1n) is 5.62. The van der Waals surface area contributed by atoms with Crippen LogP contribution in [0.5, 0.6) is 0 Å². The van der Waals surface area contributed by atoms with E-state index in [1.807, 2.05) is 18.2 Å². The highest BCUT2D eigenvalue weighted by Crippen LogP contribution is 2.29. The number of nitriles is 1. The summed E-state index contributed by atoms with van der Waals surface area (Å²) in [6.07, 6.45) is 0. The van der Waals surface area contributed by atoms with Crippen LogP contribution < -0.4 is 0 Å². The third-order valence-electron chi connectivity index (χ3n) is 2.65. The molecule has 0 spiro atoms. The molecule has 4 heteroatoms. The van der Waals surface area contributed by atoms with Crippen LogP contribution in [0.25, 0.3) is 0 Å². The van der Waals surface area contributed by atoms with Gasteiger partial charge in [0.25, 0.3) is 0 Å². The number of aryl methyl sites for hydroxylation is 1. The molecule has 19 heavy (non-hydrogen) atoms. The molecule has 3 nitrogen and oxygen atoms in total. The van der Waals surface area contributed by atoms with Crippen LogP contribution in [-0.4, -0.2) is 11.1 Å². The molecule has 0 radical (unpaired) electrons. The van der Waals surface area contributed by atoms with Crippen LogP contribution in [0.3, 0.4) is 0 Å². The number of hydrogen-bond acceptors (Lipinski definition) is 3. The fraction of sp³-hybridized carbons (Fsp3) is 0.0667. The number of carboxylic acids is 1. The number of aromatic carboxylic acids is 1. The van der Waals surface area contributed by atoms with E-state index in [0.717, 1.165) is 15.4 Å². The molecule has 0 saturated heterocycles. The number of nitrogens with zero attached hydrogens (tertiary/aromatic N) is 1. The Hall–Kier alpha value is -2.25. The van der Waals surface area contributed by atoms with Gasteiger partial charge in [-0.05, 0) is 55.0 Å². The van der Waals surface area contributed by atoms with Crippen LogP contribution in [0.2, 0.25) is 0 Å². The molecule has 0 fully saturated rings. The SMILES string of the molecule is Cc1cc(Sc2ccc(C#N)cc2)ccc1C(=O)O. The van der Waals surface area contributed by atoms with Crippen molar-refractivity contribution in [2.75, 3.05) is 0 Å². The molecule has 1 N–H and O–H groups in total. The van der Waals surface area contributed by atoms with E-state index in [1.165, 1.54) is 11.8 Å². The summed E-state index contributed by atoms with van der Waals surface area (Å²) >= 11 is 1.54. The second kappa shape index (κ2) is 5.59. The van der Waals surface area contributed by atoms with Crippen LogP contribution in [-0.2, 0) is 0 Å². The van der Waals surface area contributed by atoms with Gasteiger partial charge in [0.2, 0.25) is 0 Å². The summed E-state index contributed by atoms with van der Waals surface area (Å²) < 4.78 is 0. The predicted molar refractivity (Wildman–Crippen MR) is 73.4 cm³/mol. The molecule has 0 bridgehead atoms. The standard InChI is InChI=1S/C15H11NO2S/c1-10-8-13(6-7-14(10)15(17)18)19-12-4-2-11(9-16)3-5-12/h2-8H,1H3,(H,17,18). The van der Waals surface area contributed by atoms with Gasteiger partial charge in [0.05, 0.1) is 17.2 Å². The van der Waals surface area contributed by atoms with Crippen molar-refractivity contribution in [3.8, 4) is 6.07 Å². The lowest BCUT2D eigenvalue weighted by Gasteiger charge is -2.05. The Morgan fingerprint density at radius 3 is 2.32 bits per heavy atom. The zero-order valence-electron chi connectivity index (χ0n) is 10.3. The normalized spacial score (nSPS) is 9.89. The Morgan fingerprint density at radius 1 is 1.16 bits per heavy atom. The quantitative estimate of drug-likeness (QED) is 0.922. The molecule has 0 aliphatic rings. The van der Waals surface area contributed by atoms with Crippen molar-refractivity contribution in [3.63, 3.8) is 0 Å². The Labute approximate surface area is 115 Å². The van der Waals surface area contributed by atoms with Crippen molar-refractivity contribution in [1.82, 2.24) is 0 Å². The zero-order chi connectivity index (χ0) is 13.8. The minimum absolute atomic E-state index is 0.323. The summed E-state index contributed by atoms with van der Waals surface area (Å²) in [5.41, 5.74) is 1.69. The fourth-order valence-corrected chi connectivity index (χ4v) is 2.59. The van der Waals surface area contributed by atoms with Crippen molar-refractivity contribution < 1.29 is 9.90 Å². The molecule has 2 rings (SSSR count). The van der Waals surface area contributed by atoms with Gasteiger partial charge in [0, 0.05) is 9.79 Å². The number of benzene rings is 2. The summed E-state index contributed by atoms with van der Waals surface area (Å²) in [7, 11) is 0. The monoisotopic (exact) mass is 269 g/mol. The van der Waals surface area contributed by atoms with Gasteiger partial charge in [-0.2, -0.15) is 5.26 Å². The first-order valence-corrected chi connectivity index (χ1v) is 6.44. The van der Waals surface area contributed by atoms with Crippen molar-refractivity contribution >= 4 is 17.7 Å². The van der Waals surface area contributed by atoms with Crippen LogP contribution in [0.1, 0.15) is 21.5 Å². The van der Waals surface area contributed by atoms with Gasteiger partial charge in [0.15, 0.2) is 0 Å². The maximum Gasteiger partial charge on any atom is 0.335 e. The summed E-state index contributed by atoms with van der Waals surface area (Å²) in [6.45, 7) is 1.78. The minimum atomic E-state index is -0.910. The van der Waals surface area contributed by atoms with E-state index in [-0.39, 0.29) is 0 Å². The summed E-state index contributed by atoms with van der Waals surface area (Å²) in [4.78, 5) is 12.9. The molecule has 0 unspecified atom stereocenters. The Morgan fingerprint density at radius 2 is 1.79 bits per heavy atom. The molecular weight excluding hydrogens is 258 g/mol. The van der Waals surface area contributed by atoms with Gasteiger partial charge in [-0.1, -0.05) is 11.8 Å². The lowest BCUT2D eigenvalue weighted by atomic mass is 10.1. The minimum Gasteiger partial charge on any atom is -0.478 e. The lowest BCUT2D eigenvalue weighted by molar-refractivity contribution is 0.0696. The largest absolute Gasteiger partial charge is 0.478 e. The average molecular weight is 269 g/mol.